The van der Waals surface area contributed by atoms with E-state index in [4.69, 9.17) is 18.9 Å². The molecule has 0 radical (unpaired) electrons. The topological polar surface area (TPSA) is 88.1 Å². The van der Waals surface area contributed by atoms with Gasteiger partial charge in [-0.15, -0.1) is 0 Å². The minimum atomic E-state index is -3.13. The van der Waals surface area contributed by atoms with Gasteiger partial charge < -0.3 is 18.9 Å². The van der Waals surface area contributed by atoms with Gasteiger partial charge in [-0.1, -0.05) is 12.1 Å². The molecule has 146 valence electrons. The lowest BCUT2D eigenvalue weighted by atomic mass is 10.1. The number of hydrogen-bond acceptors (Lipinski definition) is 7. The van der Waals surface area contributed by atoms with Gasteiger partial charge in [-0.25, -0.2) is 13.2 Å². The Morgan fingerprint density at radius 1 is 0.889 bits per heavy atom. The van der Waals surface area contributed by atoms with Gasteiger partial charge in [-0.05, 0) is 35.4 Å². The van der Waals surface area contributed by atoms with Crippen molar-refractivity contribution in [3.05, 3.63) is 53.1 Å². The summed E-state index contributed by atoms with van der Waals surface area (Å²) in [4.78, 5) is 12.2. The smallest absolute Gasteiger partial charge is 0.338 e. The average molecular weight is 394 g/mol. The Kier molecular flexibility index (Phi) is 6.68. The third-order valence-corrected chi connectivity index (χ3v) is 4.57. The van der Waals surface area contributed by atoms with Crippen molar-refractivity contribution in [2.24, 2.45) is 0 Å². The van der Waals surface area contributed by atoms with E-state index < -0.39 is 15.8 Å². The molecule has 2 aromatic rings. The summed E-state index contributed by atoms with van der Waals surface area (Å²) in [6.07, 6.45) is 1.16. The lowest BCUT2D eigenvalue weighted by molar-refractivity contribution is 0.0472. The van der Waals surface area contributed by atoms with Crippen molar-refractivity contribution < 1.29 is 32.2 Å². The molecule has 0 aromatic heterocycles. The predicted molar refractivity (Wildman–Crippen MR) is 100 cm³/mol. The lowest BCUT2D eigenvalue weighted by Crippen LogP contribution is -2.07. The number of methoxy groups -OCH3 is 3. The van der Waals surface area contributed by atoms with Gasteiger partial charge in [0, 0.05) is 6.26 Å². The molecule has 0 saturated carbocycles. The lowest BCUT2D eigenvalue weighted by Gasteiger charge is -2.14. The van der Waals surface area contributed by atoms with Crippen LogP contribution in [-0.2, 0) is 26.9 Å². The molecule has 0 aliphatic carbocycles. The summed E-state index contributed by atoms with van der Waals surface area (Å²) >= 11 is 0. The van der Waals surface area contributed by atoms with Crippen LogP contribution in [0.25, 0.3) is 0 Å². The zero-order valence-corrected chi connectivity index (χ0v) is 16.5. The molecule has 0 aliphatic rings. The number of esters is 1. The van der Waals surface area contributed by atoms with Crippen molar-refractivity contribution in [3.63, 3.8) is 0 Å². The Hall–Kier alpha value is -2.74. The third kappa shape index (κ3) is 5.62. The van der Waals surface area contributed by atoms with E-state index in [0.29, 0.717) is 33.9 Å². The Labute approximate surface area is 158 Å². The SMILES string of the molecule is COc1cc(COC(=O)c2ccc(CS(C)(=O)=O)cc2)cc(OC)c1OC. The van der Waals surface area contributed by atoms with Crippen molar-refractivity contribution in [1.29, 1.82) is 0 Å². The second-order valence-corrected chi connectivity index (χ2v) is 8.02. The largest absolute Gasteiger partial charge is 0.493 e. The first-order valence-electron chi connectivity index (χ1n) is 8.00. The number of carbonyl (C=O) groups excluding carboxylic acids is 1. The van der Waals surface area contributed by atoms with E-state index >= 15 is 0 Å². The summed E-state index contributed by atoms with van der Waals surface area (Å²) in [6, 6.07) is 9.66. The van der Waals surface area contributed by atoms with Gasteiger partial charge in [0.25, 0.3) is 0 Å². The minimum Gasteiger partial charge on any atom is -0.493 e. The molecule has 27 heavy (non-hydrogen) atoms. The first kappa shape index (κ1) is 20.6. The fourth-order valence-corrected chi connectivity index (χ4v) is 3.29. The van der Waals surface area contributed by atoms with Crippen molar-refractivity contribution in [2.45, 2.75) is 12.4 Å². The molecule has 0 spiro atoms. The van der Waals surface area contributed by atoms with E-state index in [1.807, 2.05) is 0 Å². The predicted octanol–water partition coefficient (Wildman–Crippen LogP) is 2.61. The van der Waals surface area contributed by atoms with E-state index in [-0.39, 0.29) is 12.4 Å². The highest BCUT2D eigenvalue weighted by molar-refractivity contribution is 7.89. The van der Waals surface area contributed by atoms with Crippen LogP contribution >= 0.6 is 0 Å². The van der Waals surface area contributed by atoms with Crippen molar-refractivity contribution in [3.8, 4) is 17.2 Å². The Balaban J connectivity index is 2.09. The fraction of sp³-hybridized carbons (Fsp3) is 0.316. The average Bonchev–Trinajstić information content (AvgIpc) is 2.64. The summed E-state index contributed by atoms with van der Waals surface area (Å²) in [5.41, 5.74) is 1.62. The normalized spacial score (nSPS) is 11.0. The van der Waals surface area contributed by atoms with Gasteiger partial charge in [-0.3, -0.25) is 0 Å². The van der Waals surface area contributed by atoms with Crippen molar-refractivity contribution in [1.82, 2.24) is 0 Å². The van der Waals surface area contributed by atoms with Crippen molar-refractivity contribution in [2.75, 3.05) is 27.6 Å². The van der Waals surface area contributed by atoms with Crippen LogP contribution in [0.1, 0.15) is 21.5 Å². The number of hydrogen-bond donors (Lipinski definition) is 0. The maximum Gasteiger partial charge on any atom is 0.338 e. The van der Waals surface area contributed by atoms with Gasteiger partial charge in [0.2, 0.25) is 5.75 Å². The molecule has 0 amide bonds. The molecule has 0 atom stereocenters. The first-order chi connectivity index (χ1) is 12.8. The maximum atomic E-state index is 12.2. The van der Waals surface area contributed by atoms with Crippen LogP contribution in [0, 0.1) is 0 Å². The highest BCUT2D eigenvalue weighted by Gasteiger charge is 2.15. The van der Waals surface area contributed by atoms with Crippen LogP contribution in [0.4, 0.5) is 0 Å². The first-order valence-corrected chi connectivity index (χ1v) is 10.1. The highest BCUT2D eigenvalue weighted by Crippen LogP contribution is 2.38. The monoisotopic (exact) mass is 394 g/mol. The zero-order chi connectivity index (χ0) is 20.0. The number of ether oxygens (including phenoxy) is 4. The molecular formula is C19H22O7S. The summed E-state index contributed by atoms with van der Waals surface area (Å²) in [5.74, 6) is 0.792. The number of benzene rings is 2. The summed E-state index contributed by atoms with van der Waals surface area (Å²) in [5, 5.41) is 0. The van der Waals surface area contributed by atoms with Gasteiger partial charge in [0.05, 0.1) is 32.6 Å². The summed E-state index contributed by atoms with van der Waals surface area (Å²) < 4.78 is 43.7. The van der Waals surface area contributed by atoms with E-state index in [2.05, 4.69) is 0 Å². The Morgan fingerprint density at radius 2 is 1.44 bits per heavy atom. The van der Waals surface area contributed by atoms with Gasteiger partial charge in [0.1, 0.15) is 6.61 Å². The van der Waals surface area contributed by atoms with E-state index in [0.717, 1.165) is 6.26 Å². The number of sulfone groups is 1. The third-order valence-electron chi connectivity index (χ3n) is 3.71. The molecule has 0 bridgehead atoms. The molecule has 0 heterocycles. The zero-order valence-electron chi connectivity index (χ0n) is 15.6. The van der Waals surface area contributed by atoms with Crippen LogP contribution in [0.2, 0.25) is 0 Å². The molecule has 7 nitrogen and oxygen atoms in total. The summed E-state index contributed by atoms with van der Waals surface area (Å²) in [7, 11) is 1.39. The fourth-order valence-electron chi connectivity index (χ4n) is 2.49. The van der Waals surface area contributed by atoms with Gasteiger partial charge >= 0.3 is 5.97 Å². The molecular weight excluding hydrogens is 372 g/mol. The highest BCUT2D eigenvalue weighted by atomic mass is 32.2. The maximum absolute atomic E-state index is 12.2. The second kappa shape index (κ2) is 8.77. The molecule has 0 fully saturated rings. The van der Waals surface area contributed by atoms with Gasteiger partial charge in [-0.2, -0.15) is 0 Å². The standard InChI is InChI=1S/C19H22O7S/c1-23-16-9-14(10-17(24-2)18(16)25-3)11-26-19(20)15-7-5-13(6-8-15)12-27(4,21)22/h5-10H,11-12H2,1-4H3. The van der Waals surface area contributed by atoms with Crippen LogP contribution in [0.5, 0.6) is 17.2 Å². The quantitative estimate of drug-likeness (QED) is 0.636. The Morgan fingerprint density at radius 3 is 1.89 bits per heavy atom. The molecule has 0 saturated heterocycles. The van der Waals surface area contributed by atoms with E-state index in [1.54, 1.807) is 24.3 Å². The molecule has 0 aliphatic heterocycles. The van der Waals surface area contributed by atoms with Crippen LogP contribution in [0.3, 0.4) is 0 Å². The molecule has 0 N–H and O–H groups in total. The number of rotatable bonds is 8. The van der Waals surface area contributed by atoms with Crippen LogP contribution in [0.15, 0.2) is 36.4 Å². The second-order valence-electron chi connectivity index (χ2n) is 5.88. The minimum absolute atomic E-state index is 0.0145. The molecule has 2 aromatic carbocycles. The molecule has 0 unspecified atom stereocenters. The van der Waals surface area contributed by atoms with Crippen LogP contribution < -0.4 is 14.2 Å². The summed E-state index contributed by atoms with van der Waals surface area (Å²) in [6.45, 7) is 0.0145. The van der Waals surface area contributed by atoms with Crippen LogP contribution in [-0.4, -0.2) is 42.0 Å². The van der Waals surface area contributed by atoms with E-state index in [9.17, 15) is 13.2 Å². The Bertz CT molecular complexity index is 877. The molecule has 8 heteroatoms. The van der Waals surface area contributed by atoms with Gasteiger partial charge in [0.15, 0.2) is 21.3 Å². The van der Waals surface area contributed by atoms with E-state index in [1.165, 1.54) is 33.5 Å². The molecule has 2 rings (SSSR count). The number of carbonyl (C=O) groups is 1. The van der Waals surface area contributed by atoms with Crippen molar-refractivity contribution >= 4 is 15.8 Å².